The van der Waals surface area contributed by atoms with Gasteiger partial charge in [0.15, 0.2) is 0 Å². The summed E-state index contributed by atoms with van der Waals surface area (Å²) in [5.74, 6) is 0.423. The van der Waals surface area contributed by atoms with E-state index in [-0.39, 0.29) is 5.97 Å². The number of carbonyl (C=O) groups excluding carboxylic acids is 1. The maximum absolute atomic E-state index is 12.5. The molecule has 3 aromatic carbocycles. The van der Waals surface area contributed by atoms with Crippen LogP contribution in [0.1, 0.15) is 28.4 Å². The van der Waals surface area contributed by atoms with Gasteiger partial charge in [-0.3, -0.25) is 0 Å². The summed E-state index contributed by atoms with van der Waals surface area (Å²) in [5.41, 5.74) is 2.53. The Morgan fingerprint density at radius 2 is 1.80 bits per heavy atom. The van der Waals surface area contributed by atoms with Crippen LogP contribution < -0.4 is 4.74 Å². The van der Waals surface area contributed by atoms with Gasteiger partial charge in [-0.15, -0.1) is 11.3 Å². The molecule has 0 saturated heterocycles. The van der Waals surface area contributed by atoms with Crippen molar-refractivity contribution in [2.75, 3.05) is 6.61 Å². The van der Waals surface area contributed by atoms with E-state index < -0.39 is 0 Å². The number of hydrogen-bond donors (Lipinski definition) is 0. The SMILES string of the molecule is CCOC(=O)c1c(N=Cc2cccc(OCc3ccccc3)c2)sc2ccccc12. The lowest BCUT2D eigenvalue weighted by molar-refractivity contribution is 0.0530. The fraction of sp³-hybridized carbons (Fsp3) is 0.120. The standard InChI is InChI=1S/C25H21NO3S/c1-2-28-25(27)23-21-13-6-7-14-22(21)30-24(23)26-16-19-11-8-12-20(15-19)29-17-18-9-4-3-5-10-18/h3-16H,2,17H2,1H3. The van der Waals surface area contributed by atoms with Crippen LogP contribution in [0.3, 0.4) is 0 Å². The van der Waals surface area contributed by atoms with Crippen molar-refractivity contribution in [1.82, 2.24) is 0 Å². The van der Waals surface area contributed by atoms with Crippen molar-refractivity contribution in [2.45, 2.75) is 13.5 Å². The minimum absolute atomic E-state index is 0.326. The number of esters is 1. The number of fused-ring (bicyclic) bond motifs is 1. The molecule has 4 rings (SSSR count). The van der Waals surface area contributed by atoms with E-state index in [0.717, 1.165) is 27.0 Å². The predicted molar refractivity (Wildman–Crippen MR) is 122 cm³/mol. The molecule has 0 amide bonds. The molecule has 0 aliphatic heterocycles. The number of ether oxygens (including phenoxy) is 2. The molecule has 5 heteroatoms. The minimum atomic E-state index is -0.345. The molecule has 0 aliphatic carbocycles. The summed E-state index contributed by atoms with van der Waals surface area (Å²) in [6, 6.07) is 25.6. The van der Waals surface area contributed by atoms with Crippen molar-refractivity contribution in [3.8, 4) is 5.75 Å². The highest BCUT2D eigenvalue weighted by Crippen LogP contribution is 2.38. The molecule has 1 aromatic heterocycles. The molecule has 0 unspecified atom stereocenters. The zero-order chi connectivity index (χ0) is 20.8. The normalized spacial score (nSPS) is 11.1. The van der Waals surface area contributed by atoms with Crippen molar-refractivity contribution in [3.63, 3.8) is 0 Å². The molecular formula is C25H21NO3S. The van der Waals surface area contributed by atoms with Gasteiger partial charge in [-0.05, 0) is 36.2 Å². The summed E-state index contributed by atoms with van der Waals surface area (Å²) < 4.78 is 12.2. The van der Waals surface area contributed by atoms with Crippen molar-refractivity contribution < 1.29 is 14.3 Å². The molecule has 4 nitrogen and oxygen atoms in total. The van der Waals surface area contributed by atoms with Crippen LogP contribution in [0.25, 0.3) is 10.1 Å². The molecule has 150 valence electrons. The smallest absolute Gasteiger partial charge is 0.341 e. The molecule has 0 atom stereocenters. The molecule has 0 spiro atoms. The number of nitrogens with zero attached hydrogens (tertiary/aromatic N) is 1. The largest absolute Gasteiger partial charge is 0.489 e. The van der Waals surface area contributed by atoms with Crippen LogP contribution in [0.4, 0.5) is 5.00 Å². The van der Waals surface area contributed by atoms with E-state index in [1.165, 1.54) is 11.3 Å². The highest BCUT2D eigenvalue weighted by Gasteiger charge is 2.19. The average molecular weight is 416 g/mol. The number of rotatable bonds is 7. The number of thiophene rings is 1. The first kappa shape index (κ1) is 19.9. The van der Waals surface area contributed by atoms with Crippen LogP contribution in [-0.4, -0.2) is 18.8 Å². The molecule has 0 saturated carbocycles. The van der Waals surface area contributed by atoms with E-state index in [9.17, 15) is 4.79 Å². The predicted octanol–water partition coefficient (Wildman–Crippen LogP) is 6.41. The first-order valence-corrected chi connectivity index (χ1v) is 10.6. The molecule has 0 aliphatic rings. The third-order valence-corrected chi connectivity index (χ3v) is 5.57. The lowest BCUT2D eigenvalue weighted by Gasteiger charge is -2.06. The van der Waals surface area contributed by atoms with Gasteiger partial charge in [-0.25, -0.2) is 9.79 Å². The Kier molecular flexibility index (Phi) is 6.20. The Balaban J connectivity index is 1.57. The maximum atomic E-state index is 12.5. The van der Waals surface area contributed by atoms with E-state index >= 15 is 0 Å². The van der Waals surface area contributed by atoms with Crippen molar-refractivity contribution in [1.29, 1.82) is 0 Å². The summed E-state index contributed by atoms with van der Waals surface area (Å²) >= 11 is 1.48. The van der Waals surface area contributed by atoms with Gasteiger partial charge in [0.05, 0.1) is 6.61 Å². The van der Waals surface area contributed by atoms with Gasteiger partial charge >= 0.3 is 5.97 Å². The summed E-state index contributed by atoms with van der Waals surface area (Å²) in [6.07, 6.45) is 1.75. The van der Waals surface area contributed by atoms with Crippen molar-refractivity contribution in [3.05, 3.63) is 95.6 Å². The molecule has 0 N–H and O–H groups in total. The molecule has 0 fully saturated rings. The third kappa shape index (κ3) is 4.58. The fourth-order valence-corrected chi connectivity index (χ4v) is 4.12. The van der Waals surface area contributed by atoms with E-state index in [2.05, 4.69) is 4.99 Å². The lowest BCUT2D eigenvalue weighted by atomic mass is 10.1. The van der Waals surface area contributed by atoms with Gasteiger partial charge in [0.1, 0.15) is 22.9 Å². The molecule has 0 radical (unpaired) electrons. The number of benzene rings is 3. The second-order valence-corrected chi connectivity index (χ2v) is 7.63. The molecule has 1 heterocycles. The van der Waals surface area contributed by atoms with Crippen LogP contribution in [0.15, 0.2) is 83.9 Å². The van der Waals surface area contributed by atoms with Gasteiger partial charge in [0, 0.05) is 16.3 Å². The Morgan fingerprint density at radius 1 is 1.00 bits per heavy atom. The molecule has 4 aromatic rings. The number of aliphatic imine (C=N–C) groups is 1. The van der Waals surface area contributed by atoms with Gasteiger partial charge in [-0.1, -0.05) is 60.7 Å². The summed E-state index contributed by atoms with van der Waals surface area (Å²) in [5, 5.41) is 1.51. The van der Waals surface area contributed by atoms with Crippen molar-refractivity contribution in [2.24, 2.45) is 4.99 Å². The van der Waals surface area contributed by atoms with E-state index in [0.29, 0.717) is 23.8 Å². The highest BCUT2D eigenvalue weighted by atomic mass is 32.1. The van der Waals surface area contributed by atoms with Gasteiger partial charge in [-0.2, -0.15) is 0 Å². The minimum Gasteiger partial charge on any atom is -0.489 e. The Morgan fingerprint density at radius 3 is 2.63 bits per heavy atom. The third-order valence-electron chi connectivity index (χ3n) is 4.49. The second-order valence-electron chi connectivity index (χ2n) is 6.60. The Bertz CT molecular complexity index is 1180. The highest BCUT2D eigenvalue weighted by molar-refractivity contribution is 7.23. The van der Waals surface area contributed by atoms with Gasteiger partial charge < -0.3 is 9.47 Å². The second kappa shape index (κ2) is 9.37. The maximum Gasteiger partial charge on any atom is 0.341 e. The quantitative estimate of drug-likeness (QED) is 0.259. The zero-order valence-corrected chi connectivity index (χ0v) is 17.4. The Hall–Kier alpha value is -3.44. The Labute approximate surface area is 179 Å². The molecular weight excluding hydrogens is 394 g/mol. The van der Waals surface area contributed by atoms with Crippen LogP contribution >= 0.6 is 11.3 Å². The molecule has 30 heavy (non-hydrogen) atoms. The van der Waals surface area contributed by atoms with Crippen molar-refractivity contribution >= 4 is 38.6 Å². The zero-order valence-electron chi connectivity index (χ0n) is 16.6. The first-order valence-electron chi connectivity index (χ1n) is 9.74. The van der Waals surface area contributed by atoms with Crippen LogP contribution in [-0.2, 0) is 11.3 Å². The lowest BCUT2D eigenvalue weighted by Crippen LogP contribution is -2.03. The summed E-state index contributed by atoms with van der Waals surface area (Å²) in [6.45, 7) is 2.63. The van der Waals surface area contributed by atoms with Crippen LogP contribution in [0, 0.1) is 0 Å². The first-order chi connectivity index (χ1) is 14.7. The molecule has 0 bridgehead atoms. The van der Waals surface area contributed by atoms with Crippen LogP contribution in [0.5, 0.6) is 5.75 Å². The van der Waals surface area contributed by atoms with E-state index in [4.69, 9.17) is 9.47 Å². The van der Waals surface area contributed by atoms with Gasteiger partial charge in [0.25, 0.3) is 0 Å². The van der Waals surface area contributed by atoms with Gasteiger partial charge in [0.2, 0.25) is 0 Å². The fourth-order valence-electron chi connectivity index (χ4n) is 3.08. The summed E-state index contributed by atoms with van der Waals surface area (Å²) in [4.78, 5) is 17.1. The van der Waals surface area contributed by atoms with Crippen LogP contribution in [0.2, 0.25) is 0 Å². The number of carbonyl (C=O) groups is 1. The monoisotopic (exact) mass is 415 g/mol. The van der Waals surface area contributed by atoms with E-state index in [1.54, 1.807) is 13.1 Å². The number of hydrogen-bond acceptors (Lipinski definition) is 5. The summed E-state index contributed by atoms with van der Waals surface area (Å²) in [7, 11) is 0. The topological polar surface area (TPSA) is 47.9 Å². The van der Waals surface area contributed by atoms with E-state index in [1.807, 2.05) is 78.9 Å². The average Bonchev–Trinajstić information content (AvgIpc) is 3.16.